The summed E-state index contributed by atoms with van der Waals surface area (Å²) in [6, 6.07) is 18.7. The largest absolute Gasteiger partial charge is 0.460 e. The number of hydrogen-bond donors (Lipinski definition) is 2. The first-order valence-electron chi connectivity index (χ1n) is 10.3. The lowest BCUT2D eigenvalue weighted by atomic mass is 10.1. The van der Waals surface area contributed by atoms with Gasteiger partial charge in [-0.25, -0.2) is 4.79 Å². The molecule has 8 heteroatoms. The molecule has 0 saturated carbocycles. The Morgan fingerprint density at radius 1 is 0.906 bits per heavy atom. The van der Waals surface area contributed by atoms with Gasteiger partial charge in [0.05, 0.1) is 0 Å². The number of amides is 2. The quantitative estimate of drug-likeness (QED) is 0.526. The summed E-state index contributed by atoms with van der Waals surface area (Å²) in [7, 11) is 0. The minimum absolute atomic E-state index is 0.0157. The number of nitrogens with one attached hydrogen (secondary N) is 2. The summed E-state index contributed by atoms with van der Waals surface area (Å²) in [4.78, 5) is 35.9. The smallest absolute Gasteiger partial charge is 0.408 e. The van der Waals surface area contributed by atoms with Gasteiger partial charge in [-0.3, -0.25) is 9.59 Å². The van der Waals surface area contributed by atoms with Crippen LogP contribution in [0.4, 0.5) is 4.79 Å². The second-order valence-corrected chi connectivity index (χ2v) is 9.85. The van der Waals surface area contributed by atoms with E-state index in [9.17, 15) is 14.4 Å². The van der Waals surface area contributed by atoms with Crippen LogP contribution >= 0.6 is 11.8 Å². The molecule has 0 heterocycles. The lowest BCUT2D eigenvalue weighted by Crippen LogP contribution is -2.40. The highest BCUT2D eigenvalue weighted by Gasteiger charge is 2.21. The Morgan fingerprint density at radius 2 is 1.53 bits per heavy atom. The maximum absolute atomic E-state index is 12.2. The fourth-order valence-electron chi connectivity index (χ4n) is 2.54. The third-order valence-corrected chi connectivity index (χ3v) is 5.49. The van der Waals surface area contributed by atoms with Crippen LogP contribution in [0.25, 0.3) is 0 Å². The predicted molar refractivity (Wildman–Crippen MR) is 125 cm³/mol. The Kier molecular flexibility index (Phi) is 10.1. The Balaban J connectivity index is 1.73. The second kappa shape index (κ2) is 12.8. The van der Waals surface area contributed by atoms with Gasteiger partial charge < -0.3 is 20.1 Å². The molecule has 172 valence electrons. The van der Waals surface area contributed by atoms with Gasteiger partial charge in [0, 0.05) is 10.5 Å². The molecule has 2 aromatic rings. The van der Waals surface area contributed by atoms with E-state index in [1.54, 1.807) is 11.8 Å². The minimum Gasteiger partial charge on any atom is -0.460 e. The fraction of sp³-hybridized carbons (Fsp3) is 0.375. The molecule has 7 nitrogen and oxygen atoms in total. The number of alkyl carbamates (subject to hydrolysis) is 1. The number of hydrogen-bond acceptors (Lipinski definition) is 6. The summed E-state index contributed by atoms with van der Waals surface area (Å²) in [5.74, 6) is -0.493. The van der Waals surface area contributed by atoms with E-state index in [0.717, 1.165) is 11.1 Å². The van der Waals surface area contributed by atoms with Crippen molar-refractivity contribution in [3.05, 3.63) is 71.8 Å². The molecule has 0 saturated heterocycles. The van der Waals surface area contributed by atoms with Crippen LogP contribution in [0.5, 0.6) is 0 Å². The lowest BCUT2D eigenvalue weighted by Gasteiger charge is -2.23. The van der Waals surface area contributed by atoms with Gasteiger partial charge in [-0.1, -0.05) is 81.4 Å². The zero-order chi connectivity index (χ0) is 23.4. The van der Waals surface area contributed by atoms with Gasteiger partial charge in [0.25, 0.3) is 0 Å². The van der Waals surface area contributed by atoms with Crippen LogP contribution in [-0.4, -0.2) is 41.6 Å². The molecular formula is C24H30N2O5S. The molecule has 0 aliphatic carbocycles. The highest BCUT2D eigenvalue weighted by molar-refractivity contribution is 8.00. The Hall–Kier alpha value is -3.00. The van der Waals surface area contributed by atoms with Gasteiger partial charge in [-0.05, 0) is 11.1 Å². The van der Waals surface area contributed by atoms with Crippen molar-refractivity contribution in [2.45, 2.75) is 38.2 Å². The van der Waals surface area contributed by atoms with E-state index in [1.807, 2.05) is 60.7 Å². The number of esters is 1. The molecule has 1 unspecified atom stereocenters. The number of ether oxygens (including phenoxy) is 2. The Bertz CT molecular complexity index is 869. The number of benzene rings is 2. The van der Waals surface area contributed by atoms with Gasteiger partial charge in [0.1, 0.15) is 25.8 Å². The molecule has 0 spiro atoms. The highest BCUT2D eigenvalue weighted by Crippen LogP contribution is 2.30. The van der Waals surface area contributed by atoms with Crippen molar-refractivity contribution < 1.29 is 23.9 Å². The first-order chi connectivity index (χ1) is 15.2. The van der Waals surface area contributed by atoms with Crippen LogP contribution in [0.1, 0.15) is 38.0 Å². The maximum Gasteiger partial charge on any atom is 0.408 e. The van der Waals surface area contributed by atoms with E-state index >= 15 is 0 Å². The van der Waals surface area contributed by atoms with Gasteiger partial charge >= 0.3 is 12.1 Å². The monoisotopic (exact) mass is 458 g/mol. The summed E-state index contributed by atoms with van der Waals surface area (Å²) in [5, 5.41) is 4.84. The average Bonchev–Trinajstić information content (AvgIpc) is 2.78. The van der Waals surface area contributed by atoms with Crippen molar-refractivity contribution in [2.75, 3.05) is 18.8 Å². The van der Waals surface area contributed by atoms with Crippen molar-refractivity contribution in [1.82, 2.24) is 10.6 Å². The first-order valence-corrected chi connectivity index (χ1v) is 11.3. The molecule has 2 N–H and O–H groups in total. The molecule has 0 radical (unpaired) electrons. The summed E-state index contributed by atoms with van der Waals surface area (Å²) < 4.78 is 10.7. The number of thioether (sulfide) groups is 1. The van der Waals surface area contributed by atoms with E-state index in [0.29, 0.717) is 5.75 Å². The predicted octanol–water partition coefficient (Wildman–Crippen LogP) is 3.85. The van der Waals surface area contributed by atoms with Crippen molar-refractivity contribution in [2.24, 2.45) is 0 Å². The van der Waals surface area contributed by atoms with E-state index in [4.69, 9.17) is 9.47 Å². The van der Waals surface area contributed by atoms with Gasteiger partial charge in [0.15, 0.2) is 0 Å². The van der Waals surface area contributed by atoms with Crippen molar-refractivity contribution in [3.63, 3.8) is 0 Å². The molecule has 0 aromatic heterocycles. The summed E-state index contributed by atoms with van der Waals surface area (Å²) in [5.41, 5.74) is 1.74. The summed E-state index contributed by atoms with van der Waals surface area (Å²) >= 11 is 1.68. The van der Waals surface area contributed by atoms with Crippen LogP contribution in [0, 0.1) is 0 Å². The summed E-state index contributed by atoms with van der Waals surface area (Å²) in [6.07, 6.45) is -1.15. The fourth-order valence-corrected chi connectivity index (χ4v) is 3.45. The van der Waals surface area contributed by atoms with Crippen LogP contribution < -0.4 is 10.6 Å². The second-order valence-electron chi connectivity index (χ2n) is 8.00. The van der Waals surface area contributed by atoms with E-state index in [-0.39, 0.29) is 24.4 Å². The van der Waals surface area contributed by atoms with E-state index in [1.165, 1.54) is 0 Å². The molecule has 2 rings (SSSR count). The third kappa shape index (κ3) is 10.3. The molecular weight excluding hydrogens is 428 g/mol. The van der Waals surface area contributed by atoms with Gasteiger partial charge in [-0.2, -0.15) is 11.8 Å². The molecule has 0 aliphatic rings. The molecule has 2 amide bonds. The van der Waals surface area contributed by atoms with Gasteiger partial charge in [-0.15, -0.1) is 0 Å². The Morgan fingerprint density at radius 3 is 2.16 bits per heavy atom. The van der Waals surface area contributed by atoms with Crippen LogP contribution in [0.15, 0.2) is 60.7 Å². The molecule has 32 heavy (non-hydrogen) atoms. The summed E-state index contributed by atoms with van der Waals surface area (Å²) in [6.45, 7) is 5.82. The zero-order valence-electron chi connectivity index (χ0n) is 18.6. The van der Waals surface area contributed by atoms with Crippen LogP contribution in [0.2, 0.25) is 0 Å². The highest BCUT2D eigenvalue weighted by atomic mass is 32.2. The third-order valence-electron chi connectivity index (χ3n) is 4.15. The molecule has 0 fully saturated rings. The van der Waals surface area contributed by atoms with Crippen molar-refractivity contribution in [1.29, 1.82) is 0 Å². The zero-order valence-corrected chi connectivity index (χ0v) is 19.4. The molecule has 0 aliphatic heterocycles. The van der Waals surface area contributed by atoms with Gasteiger partial charge in [0.2, 0.25) is 5.91 Å². The standard InChI is InChI=1S/C24H30N2O5S/c1-24(2,3)32-17-20(19-12-8-5-9-13-19)31-23(29)26-14-21(27)25-15-22(28)30-16-18-10-6-4-7-11-18/h4-13,20H,14-17H2,1-3H3,(H,25,27)(H,26,29). The molecule has 0 bridgehead atoms. The average molecular weight is 459 g/mol. The van der Waals surface area contributed by atoms with Crippen molar-refractivity contribution >= 4 is 29.7 Å². The number of carbonyl (C=O) groups is 3. The number of carbonyl (C=O) groups excluding carboxylic acids is 3. The lowest BCUT2D eigenvalue weighted by molar-refractivity contribution is -0.145. The maximum atomic E-state index is 12.2. The minimum atomic E-state index is -0.699. The SMILES string of the molecule is CC(C)(C)SCC(OC(=O)NCC(=O)NCC(=O)OCc1ccccc1)c1ccccc1. The molecule has 1 atom stereocenters. The topological polar surface area (TPSA) is 93.7 Å². The van der Waals surface area contributed by atoms with Crippen LogP contribution in [-0.2, 0) is 25.7 Å². The first kappa shape index (κ1) is 25.3. The van der Waals surface area contributed by atoms with E-state index in [2.05, 4.69) is 31.4 Å². The van der Waals surface area contributed by atoms with Crippen molar-refractivity contribution in [3.8, 4) is 0 Å². The van der Waals surface area contributed by atoms with E-state index < -0.39 is 24.1 Å². The number of rotatable bonds is 10. The molecule has 2 aromatic carbocycles. The normalized spacial score (nSPS) is 11.8. The van der Waals surface area contributed by atoms with Crippen LogP contribution in [0.3, 0.4) is 0 Å². The Labute approximate surface area is 193 Å².